The van der Waals surface area contributed by atoms with Crippen LogP contribution < -0.4 is 11.3 Å². The van der Waals surface area contributed by atoms with Gasteiger partial charge in [-0.25, -0.2) is 0 Å². The van der Waals surface area contributed by atoms with Crippen molar-refractivity contribution in [2.45, 2.75) is 19.8 Å². The number of carbonyl (C=O) groups is 1. The topological polar surface area (TPSA) is 58.4 Å². The minimum atomic E-state index is -0.00278. The molecular weight excluding hydrogens is 250 g/mol. The van der Waals surface area contributed by atoms with E-state index in [1.807, 2.05) is 4.90 Å². The summed E-state index contributed by atoms with van der Waals surface area (Å²) in [6, 6.07) is 5.10. The smallest absolute Gasteiger partial charge is 0.256 e. The quantitative estimate of drug-likeness (QED) is 0.639. The Labute approximate surface area is 112 Å². The molecule has 4 nitrogen and oxygen atoms in total. The summed E-state index contributed by atoms with van der Waals surface area (Å²) in [6.07, 6.45) is 2.24. The molecule has 0 aliphatic carbocycles. The van der Waals surface area contributed by atoms with Crippen molar-refractivity contribution < 1.29 is 4.79 Å². The van der Waals surface area contributed by atoms with Crippen molar-refractivity contribution in [3.05, 3.63) is 28.8 Å². The number of nitrogens with one attached hydrogen (secondary N) is 1. The summed E-state index contributed by atoms with van der Waals surface area (Å²) in [5, 5.41) is 0.544. The van der Waals surface area contributed by atoms with Crippen LogP contribution in [0.5, 0.6) is 0 Å². The average Bonchev–Trinajstić information content (AvgIpc) is 2.38. The Morgan fingerprint density at radius 3 is 3.00 bits per heavy atom. The van der Waals surface area contributed by atoms with Gasteiger partial charge >= 0.3 is 0 Å². The number of amides is 1. The molecule has 1 aromatic carbocycles. The van der Waals surface area contributed by atoms with Crippen molar-refractivity contribution in [1.29, 1.82) is 0 Å². The highest BCUT2D eigenvalue weighted by Gasteiger charge is 2.23. The average molecular weight is 268 g/mol. The molecule has 1 heterocycles. The lowest BCUT2D eigenvalue weighted by Crippen LogP contribution is -2.39. The Balaban J connectivity index is 2.24. The molecule has 0 spiro atoms. The van der Waals surface area contributed by atoms with Gasteiger partial charge < -0.3 is 10.3 Å². The Hall–Kier alpha value is -1.26. The summed E-state index contributed by atoms with van der Waals surface area (Å²) in [5.41, 5.74) is 3.70. The van der Waals surface area contributed by atoms with E-state index in [4.69, 9.17) is 17.4 Å². The van der Waals surface area contributed by atoms with Crippen LogP contribution in [0.15, 0.2) is 18.2 Å². The number of benzene rings is 1. The summed E-state index contributed by atoms with van der Waals surface area (Å²) in [5.74, 6) is 5.98. The van der Waals surface area contributed by atoms with Gasteiger partial charge in [0.15, 0.2) is 0 Å². The minimum Gasteiger partial charge on any atom is -0.338 e. The zero-order chi connectivity index (χ0) is 13.1. The molecular formula is C13H18ClN3O. The first-order valence-corrected chi connectivity index (χ1v) is 6.55. The maximum absolute atomic E-state index is 12.4. The van der Waals surface area contributed by atoms with Crippen LogP contribution in [0.2, 0.25) is 5.02 Å². The fourth-order valence-electron chi connectivity index (χ4n) is 2.36. The number of piperidine rings is 1. The van der Waals surface area contributed by atoms with Crippen LogP contribution in [0.3, 0.4) is 0 Å². The van der Waals surface area contributed by atoms with E-state index >= 15 is 0 Å². The van der Waals surface area contributed by atoms with E-state index in [1.54, 1.807) is 18.2 Å². The number of nitrogens with two attached hydrogens (primary N) is 1. The van der Waals surface area contributed by atoms with E-state index in [1.165, 1.54) is 6.42 Å². The number of likely N-dealkylation sites (tertiary alicyclic amines) is 1. The number of hydrazine groups is 1. The fourth-order valence-corrected chi connectivity index (χ4v) is 2.54. The second-order valence-electron chi connectivity index (χ2n) is 4.83. The Bertz CT molecular complexity index is 450. The van der Waals surface area contributed by atoms with Gasteiger partial charge in [0, 0.05) is 18.1 Å². The second kappa shape index (κ2) is 5.59. The van der Waals surface area contributed by atoms with E-state index in [2.05, 4.69) is 12.3 Å². The van der Waals surface area contributed by atoms with Crippen molar-refractivity contribution in [1.82, 2.24) is 4.90 Å². The minimum absolute atomic E-state index is 0.00278. The van der Waals surface area contributed by atoms with Crippen LogP contribution in [-0.2, 0) is 0 Å². The highest BCUT2D eigenvalue weighted by atomic mass is 35.5. The Morgan fingerprint density at radius 2 is 2.33 bits per heavy atom. The molecule has 1 aliphatic heterocycles. The van der Waals surface area contributed by atoms with Crippen LogP contribution in [0.25, 0.3) is 0 Å². The van der Waals surface area contributed by atoms with Gasteiger partial charge in [-0.1, -0.05) is 18.5 Å². The maximum Gasteiger partial charge on any atom is 0.256 e. The molecule has 0 saturated carbocycles. The van der Waals surface area contributed by atoms with Gasteiger partial charge in [-0.2, -0.15) is 0 Å². The third-order valence-corrected chi connectivity index (χ3v) is 3.55. The summed E-state index contributed by atoms with van der Waals surface area (Å²) < 4.78 is 0. The lowest BCUT2D eigenvalue weighted by Gasteiger charge is -2.31. The van der Waals surface area contributed by atoms with Crippen LogP contribution >= 0.6 is 11.6 Å². The largest absolute Gasteiger partial charge is 0.338 e. The van der Waals surface area contributed by atoms with Crippen LogP contribution in [0.4, 0.5) is 5.69 Å². The number of hydrogen-bond donors (Lipinski definition) is 2. The molecule has 1 aromatic rings. The van der Waals surface area contributed by atoms with Crippen molar-refractivity contribution in [3.63, 3.8) is 0 Å². The SMILES string of the molecule is CC1CCCN(C(=O)c2cc(Cl)ccc2NN)C1. The number of nitrogen functional groups attached to an aromatic ring is 1. The molecule has 1 fully saturated rings. The third-order valence-electron chi connectivity index (χ3n) is 3.31. The highest BCUT2D eigenvalue weighted by molar-refractivity contribution is 6.31. The molecule has 1 saturated heterocycles. The van der Waals surface area contributed by atoms with Crippen LogP contribution in [-0.4, -0.2) is 23.9 Å². The van der Waals surface area contributed by atoms with Gasteiger partial charge in [-0.3, -0.25) is 10.6 Å². The maximum atomic E-state index is 12.4. The Kier molecular flexibility index (Phi) is 4.09. The standard InChI is InChI=1S/C13H18ClN3O/c1-9-3-2-6-17(8-9)13(18)11-7-10(14)4-5-12(11)16-15/h4-5,7,9,16H,2-3,6,8,15H2,1H3. The van der Waals surface area contributed by atoms with E-state index < -0.39 is 0 Å². The van der Waals surface area contributed by atoms with Crippen LogP contribution in [0.1, 0.15) is 30.1 Å². The first-order valence-electron chi connectivity index (χ1n) is 6.17. The van der Waals surface area contributed by atoms with Crippen molar-refractivity contribution >= 4 is 23.2 Å². The normalized spacial score (nSPS) is 19.7. The van der Waals surface area contributed by atoms with E-state index in [9.17, 15) is 4.79 Å². The molecule has 1 unspecified atom stereocenters. The number of nitrogens with zero attached hydrogens (tertiary/aromatic N) is 1. The lowest BCUT2D eigenvalue weighted by molar-refractivity contribution is 0.0684. The number of rotatable bonds is 2. The summed E-state index contributed by atoms with van der Waals surface area (Å²) in [7, 11) is 0. The third kappa shape index (κ3) is 2.76. The predicted octanol–water partition coefficient (Wildman–Crippen LogP) is 2.50. The Morgan fingerprint density at radius 1 is 1.56 bits per heavy atom. The van der Waals surface area contributed by atoms with Gasteiger partial charge in [-0.15, -0.1) is 0 Å². The molecule has 3 N–H and O–H groups in total. The summed E-state index contributed by atoms with van der Waals surface area (Å²) in [6.45, 7) is 3.77. The van der Waals surface area contributed by atoms with E-state index in [0.717, 1.165) is 19.5 Å². The van der Waals surface area contributed by atoms with Gasteiger partial charge in [0.2, 0.25) is 0 Å². The van der Waals surface area contributed by atoms with E-state index in [-0.39, 0.29) is 5.91 Å². The number of anilines is 1. The molecule has 98 valence electrons. The second-order valence-corrected chi connectivity index (χ2v) is 5.27. The monoisotopic (exact) mass is 267 g/mol. The number of hydrogen-bond acceptors (Lipinski definition) is 3. The molecule has 18 heavy (non-hydrogen) atoms. The molecule has 1 aliphatic rings. The van der Waals surface area contributed by atoms with Gasteiger partial charge in [-0.05, 0) is 37.0 Å². The zero-order valence-corrected chi connectivity index (χ0v) is 11.2. The molecule has 0 radical (unpaired) electrons. The number of carbonyl (C=O) groups excluding carboxylic acids is 1. The lowest BCUT2D eigenvalue weighted by atomic mass is 9.99. The first kappa shape index (κ1) is 13.2. The van der Waals surface area contributed by atoms with Gasteiger partial charge in [0.1, 0.15) is 0 Å². The van der Waals surface area contributed by atoms with Crippen molar-refractivity contribution in [3.8, 4) is 0 Å². The zero-order valence-electron chi connectivity index (χ0n) is 10.4. The fraction of sp³-hybridized carbons (Fsp3) is 0.462. The molecule has 1 amide bonds. The molecule has 1 atom stereocenters. The summed E-state index contributed by atoms with van der Waals surface area (Å²) in [4.78, 5) is 14.3. The molecule has 0 aromatic heterocycles. The molecule has 2 rings (SSSR count). The van der Waals surface area contributed by atoms with Gasteiger partial charge in [0.25, 0.3) is 5.91 Å². The number of halogens is 1. The molecule has 0 bridgehead atoms. The van der Waals surface area contributed by atoms with E-state index in [0.29, 0.717) is 22.2 Å². The van der Waals surface area contributed by atoms with Gasteiger partial charge in [0.05, 0.1) is 11.3 Å². The predicted molar refractivity (Wildman–Crippen MR) is 73.6 cm³/mol. The summed E-state index contributed by atoms with van der Waals surface area (Å²) >= 11 is 5.95. The first-order chi connectivity index (χ1) is 8.61. The van der Waals surface area contributed by atoms with Crippen molar-refractivity contribution in [2.24, 2.45) is 11.8 Å². The highest BCUT2D eigenvalue weighted by Crippen LogP contribution is 2.24. The molecule has 5 heteroatoms. The van der Waals surface area contributed by atoms with Crippen molar-refractivity contribution in [2.75, 3.05) is 18.5 Å². The van der Waals surface area contributed by atoms with Crippen LogP contribution in [0, 0.1) is 5.92 Å².